The Labute approximate surface area is 97.3 Å². The third-order valence-corrected chi connectivity index (χ3v) is 2.68. The Balaban J connectivity index is 2.33. The van der Waals surface area contributed by atoms with Gasteiger partial charge in [0, 0.05) is 10.0 Å². The number of halogens is 2. The molecule has 0 saturated carbocycles. The summed E-state index contributed by atoms with van der Waals surface area (Å²) in [7, 11) is 0. The van der Waals surface area contributed by atoms with Crippen LogP contribution in [0.1, 0.15) is 18.6 Å². The average molecular weight is 246 g/mol. The van der Waals surface area contributed by atoms with Gasteiger partial charge >= 0.3 is 6.09 Å². The molecule has 80 valence electrons. The quantitative estimate of drug-likeness (QED) is 0.826. The molecule has 15 heavy (non-hydrogen) atoms. The maximum atomic E-state index is 11.0. The first kappa shape index (κ1) is 10.6. The van der Waals surface area contributed by atoms with Gasteiger partial charge in [0.1, 0.15) is 6.10 Å². The normalized spacial score (nSPS) is 24.9. The standard InChI is InChI=1S/C10H9Cl2NO2/c1-5-9(15-10(14)13-5)6-2-7(11)4-8(12)3-6/h2-5,9H,1H3,(H,13,14)/t5-,9?/m1/s1. The van der Waals surface area contributed by atoms with E-state index in [0.717, 1.165) is 5.56 Å². The van der Waals surface area contributed by atoms with E-state index in [0.29, 0.717) is 10.0 Å². The molecule has 1 aliphatic heterocycles. The van der Waals surface area contributed by atoms with Crippen molar-refractivity contribution in [2.24, 2.45) is 0 Å². The first-order chi connectivity index (χ1) is 7.06. The van der Waals surface area contributed by atoms with Crippen molar-refractivity contribution >= 4 is 29.3 Å². The van der Waals surface area contributed by atoms with E-state index in [1.54, 1.807) is 18.2 Å². The summed E-state index contributed by atoms with van der Waals surface area (Å²) in [6.45, 7) is 1.87. The summed E-state index contributed by atoms with van der Waals surface area (Å²) in [4.78, 5) is 11.0. The minimum absolute atomic E-state index is 0.0768. The van der Waals surface area contributed by atoms with Crippen LogP contribution in [0.5, 0.6) is 0 Å². The molecule has 0 aliphatic carbocycles. The predicted molar refractivity (Wildman–Crippen MR) is 58.3 cm³/mol. The summed E-state index contributed by atoms with van der Waals surface area (Å²) < 4.78 is 5.10. The Kier molecular flexibility index (Phi) is 2.76. The summed E-state index contributed by atoms with van der Waals surface area (Å²) in [5.41, 5.74) is 0.804. The van der Waals surface area contributed by atoms with E-state index in [9.17, 15) is 4.79 Å². The van der Waals surface area contributed by atoms with Crippen molar-refractivity contribution < 1.29 is 9.53 Å². The number of benzene rings is 1. The zero-order chi connectivity index (χ0) is 11.0. The second-order valence-electron chi connectivity index (χ2n) is 3.46. The number of carbonyl (C=O) groups excluding carboxylic acids is 1. The first-order valence-electron chi connectivity index (χ1n) is 4.49. The molecular formula is C10H9Cl2NO2. The van der Waals surface area contributed by atoms with Crippen molar-refractivity contribution in [2.75, 3.05) is 0 Å². The molecule has 1 aliphatic rings. The van der Waals surface area contributed by atoms with Gasteiger partial charge in [0.2, 0.25) is 0 Å². The minimum atomic E-state index is -0.413. The van der Waals surface area contributed by atoms with Gasteiger partial charge in [-0.3, -0.25) is 0 Å². The molecule has 2 rings (SSSR count). The van der Waals surface area contributed by atoms with E-state index in [4.69, 9.17) is 27.9 Å². The first-order valence-corrected chi connectivity index (χ1v) is 5.25. The summed E-state index contributed by atoms with van der Waals surface area (Å²) in [6.07, 6.45) is -0.739. The Morgan fingerprint density at radius 2 is 1.87 bits per heavy atom. The Bertz CT molecular complexity index is 388. The minimum Gasteiger partial charge on any atom is -0.439 e. The van der Waals surface area contributed by atoms with Gasteiger partial charge in [-0.05, 0) is 30.7 Å². The van der Waals surface area contributed by atoms with Crippen LogP contribution in [-0.2, 0) is 4.74 Å². The summed E-state index contributed by atoms with van der Waals surface area (Å²) in [6, 6.07) is 5.05. The van der Waals surface area contributed by atoms with E-state index in [1.165, 1.54) is 0 Å². The van der Waals surface area contributed by atoms with E-state index in [1.807, 2.05) is 6.92 Å². The molecule has 0 bridgehead atoms. The molecule has 1 aromatic rings. The average Bonchev–Trinajstić information content (AvgIpc) is 2.43. The van der Waals surface area contributed by atoms with Crippen molar-refractivity contribution in [3.63, 3.8) is 0 Å². The van der Waals surface area contributed by atoms with Crippen LogP contribution in [0.4, 0.5) is 4.79 Å². The molecule has 1 aromatic carbocycles. The smallest absolute Gasteiger partial charge is 0.408 e. The van der Waals surface area contributed by atoms with Gasteiger partial charge in [0.05, 0.1) is 6.04 Å². The molecule has 1 N–H and O–H groups in total. The van der Waals surface area contributed by atoms with Crippen LogP contribution in [0, 0.1) is 0 Å². The molecule has 1 saturated heterocycles. The highest BCUT2D eigenvalue weighted by Gasteiger charge is 2.32. The maximum absolute atomic E-state index is 11.0. The van der Waals surface area contributed by atoms with Crippen molar-refractivity contribution in [1.29, 1.82) is 0 Å². The number of ether oxygens (including phenoxy) is 1. The van der Waals surface area contributed by atoms with Gasteiger partial charge in [-0.25, -0.2) is 4.79 Å². The summed E-state index contributed by atoms with van der Waals surface area (Å²) in [5.74, 6) is 0. The van der Waals surface area contributed by atoms with Gasteiger partial charge in [0.15, 0.2) is 0 Å². The van der Waals surface area contributed by atoms with Gasteiger partial charge < -0.3 is 10.1 Å². The number of cyclic esters (lactones) is 1. The van der Waals surface area contributed by atoms with Gasteiger partial charge in [0.25, 0.3) is 0 Å². The second kappa shape index (κ2) is 3.91. The maximum Gasteiger partial charge on any atom is 0.408 e. The highest BCUT2D eigenvalue weighted by atomic mass is 35.5. The number of alkyl carbamates (subject to hydrolysis) is 1. The van der Waals surface area contributed by atoms with Crippen LogP contribution >= 0.6 is 23.2 Å². The van der Waals surface area contributed by atoms with Crippen LogP contribution in [0.2, 0.25) is 10.0 Å². The van der Waals surface area contributed by atoms with E-state index in [2.05, 4.69) is 5.32 Å². The molecule has 0 radical (unpaired) electrons. The highest BCUT2D eigenvalue weighted by Crippen LogP contribution is 2.30. The molecule has 3 nitrogen and oxygen atoms in total. The second-order valence-corrected chi connectivity index (χ2v) is 4.33. The zero-order valence-electron chi connectivity index (χ0n) is 7.96. The lowest BCUT2D eigenvalue weighted by Gasteiger charge is -2.13. The van der Waals surface area contributed by atoms with Gasteiger partial charge in [-0.1, -0.05) is 23.2 Å². The predicted octanol–water partition coefficient (Wildman–Crippen LogP) is 3.16. The summed E-state index contributed by atoms with van der Waals surface area (Å²) >= 11 is 11.7. The summed E-state index contributed by atoms with van der Waals surface area (Å²) in [5, 5.41) is 3.73. The number of hydrogen-bond acceptors (Lipinski definition) is 2. The number of hydrogen-bond donors (Lipinski definition) is 1. The van der Waals surface area contributed by atoms with Crippen LogP contribution in [0.15, 0.2) is 18.2 Å². The fourth-order valence-corrected chi connectivity index (χ4v) is 2.15. The zero-order valence-corrected chi connectivity index (χ0v) is 9.47. The van der Waals surface area contributed by atoms with E-state index < -0.39 is 6.09 Å². The molecule has 0 aromatic heterocycles. The molecule has 1 heterocycles. The molecule has 5 heteroatoms. The molecule has 1 fully saturated rings. The SMILES string of the molecule is C[C@H]1NC(=O)OC1c1cc(Cl)cc(Cl)c1. The van der Waals surface area contributed by atoms with Crippen LogP contribution in [-0.4, -0.2) is 12.1 Å². The largest absolute Gasteiger partial charge is 0.439 e. The lowest BCUT2D eigenvalue weighted by molar-refractivity contribution is 0.134. The van der Waals surface area contributed by atoms with Gasteiger partial charge in [-0.2, -0.15) is 0 Å². The van der Waals surface area contributed by atoms with Crippen LogP contribution in [0.3, 0.4) is 0 Å². The van der Waals surface area contributed by atoms with Crippen molar-refractivity contribution in [3.8, 4) is 0 Å². The fourth-order valence-electron chi connectivity index (χ4n) is 1.61. The molecule has 0 spiro atoms. The third kappa shape index (κ3) is 2.19. The topological polar surface area (TPSA) is 38.3 Å². The molecule has 1 unspecified atom stereocenters. The Morgan fingerprint density at radius 1 is 1.27 bits per heavy atom. The van der Waals surface area contributed by atoms with Gasteiger partial charge in [-0.15, -0.1) is 0 Å². The lowest BCUT2D eigenvalue weighted by atomic mass is 10.0. The molecule has 1 amide bonds. The monoisotopic (exact) mass is 245 g/mol. The van der Waals surface area contributed by atoms with Crippen molar-refractivity contribution in [1.82, 2.24) is 5.32 Å². The van der Waals surface area contributed by atoms with Crippen molar-refractivity contribution in [2.45, 2.75) is 19.1 Å². The Hall–Kier alpha value is -0.930. The van der Waals surface area contributed by atoms with Crippen molar-refractivity contribution in [3.05, 3.63) is 33.8 Å². The number of rotatable bonds is 1. The number of carbonyl (C=O) groups is 1. The fraction of sp³-hybridized carbons (Fsp3) is 0.300. The lowest BCUT2D eigenvalue weighted by Crippen LogP contribution is -2.23. The highest BCUT2D eigenvalue weighted by molar-refractivity contribution is 6.34. The van der Waals surface area contributed by atoms with Crippen LogP contribution in [0.25, 0.3) is 0 Å². The van der Waals surface area contributed by atoms with E-state index >= 15 is 0 Å². The number of nitrogens with one attached hydrogen (secondary N) is 1. The molecular weight excluding hydrogens is 237 g/mol. The third-order valence-electron chi connectivity index (χ3n) is 2.25. The van der Waals surface area contributed by atoms with E-state index in [-0.39, 0.29) is 12.1 Å². The van der Waals surface area contributed by atoms with Crippen LogP contribution < -0.4 is 5.32 Å². The Morgan fingerprint density at radius 3 is 2.33 bits per heavy atom. The molecule has 2 atom stereocenters. The number of amides is 1.